The van der Waals surface area contributed by atoms with E-state index in [0.717, 1.165) is 28.0 Å². The third kappa shape index (κ3) is 3.39. The van der Waals surface area contributed by atoms with Gasteiger partial charge in [0.15, 0.2) is 6.61 Å². The summed E-state index contributed by atoms with van der Waals surface area (Å²) in [6, 6.07) is 17.4. The van der Waals surface area contributed by atoms with Gasteiger partial charge in [0.2, 0.25) is 5.78 Å². The van der Waals surface area contributed by atoms with Crippen LogP contribution in [0, 0.1) is 19.7 Å². The Hall–Kier alpha value is -3.47. The number of halogens is 1. The van der Waals surface area contributed by atoms with Crippen LogP contribution in [0.5, 0.6) is 5.75 Å². The number of fused-ring (bicyclic) bond motifs is 1. The highest BCUT2D eigenvalue weighted by Crippen LogP contribution is 2.23. The predicted molar refractivity (Wildman–Crippen MR) is 107 cm³/mol. The Morgan fingerprint density at radius 2 is 1.86 bits per heavy atom. The van der Waals surface area contributed by atoms with Gasteiger partial charge in [-0.05, 0) is 68.4 Å². The molecule has 0 bridgehead atoms. The minimum Gasteiger partial charge on any atom is -0.485 e. The summed E-state index contributed by atoms with van der Waals surface area (Å²) in [5, 5.41) is 0.960. The van der Waals surface area contributed by atoms with Gasteiger partial charge in [-0.2, -0.15) is 0 Å². The lowest BCUT2D eigenvalue weighted by Gasteiger charge is -2.10. The van der Waals surface area contributed by atoms with E-state index in [1.165, 1.54) is 12.1 Å². The minimum absolute atomic E-state index is 0.0561. The second-order valence-corrected chi connectivity index (χ2v) is 6.67. The highest BCUT2D eigenvalue weighted by molar-refractivity contribution is 5.98. The van der Waals surface area contributed by atoms with Gasteiger partial charge >= 0.3 is 0 Å². The minimum atomic E-state index is -0.290. The Bertz CT molecular complexity index is 1160. The fourth-order valence-corrected chi connectivity index (χ4v) is 3.40. The van der Waals surface area contributed by atoms with Gasteiger partial charge in [-0.25, -0.2) is 4.39 Å². The first-order valence-electron chi connectivity index (χ1n) is 8.98. The van der Waals surface area contributed by atoms with Crippen molar-refractivity contribution in [2.45, 2.75) is 13.8 Å². The molecule has 140 valence electrons. The molecular formula is C23H19FN2O2. The fourth-order valence-electron chi connectivity index (χ4n) is 3.40. The number of carbonyl (C=O) groups is 1. The van der Waals surface area contributed by atoms with E-state index in [-0.39, 0.29) is 18.2 Å². The van der Waals surface area contributed by atoms with Crippen molar-refractivity contribution in [1.82, 2.24) is 9.55 Å². The van der Waals surface area contributed by atoms with Gasteiger partial charge < -0.3 is 9.30 Å². The van der Waals surface area contributed by atoms with Gasteiger partial charge in [-0.1, -0.05) is 6.07 Å². The molecule has 0 fully saturated rings. The molecule has 0 aliphatic rings. The van der Waals surface area contributed by atoms with E-state index >= 15 is 0 Å². The number of aromatic nitrogens is 2. The van der Waals surface area contributed by atoms with E-state index in [2.05, 4.69) is 4.98 Å². The molecule has 5 heteroatoms. The summed E-state index contributed by atoms with van der Waals surface area (Å²) in [5.41, 5.74) is 4.01. The van der Waals surface area contributed by atoms with E-state index in [1.54, 1.807) is 18.3 Å². The molecule has 0 radical (unpaired) electrons. The number of hydrogen-bond acceptors (Lipinski definition) is 3. The summed E-state index contributed by atoms with van der Waals surface area (Å²) in [7, 11) is 0. The Morgan fingerprint density at radius 1 is 1.07 bits per heavy atom. The summed E-state index contributed by atoms with van der Waals surface area (Å²) in [6.45, 7) is 3.75. The lowest BCUT2D eigenvalue weighted by Crippen LogP contribution is -2.12. The van der Waals surface area contributed by atoms with Crippen molar-refractivity contribution < 1.29 is 13.9 Å². The van der Waals surface area contributed by atoms with Gasteiger partial charge in [0.05, 0.1) is 5.52 Å². The van der Waals surface area contributed by atoms with E-state index in [0.29, 0.717) is 11.3 Å². The zero-order chi connectivity index (χ0) is 19.7. The average molecular weight is 374 g/mol. The van der Waals surface area contributed by atoms with Crippen molar-refractivity contribution in [2.24, 2.45) is 0 Å². The van der Waals surface area contributed by atoms with Crippen molar-refractivity contribution >= 4 is 16.7 Å². The van der Waals surface area contributed by atoms with Crippen LogP contribution in [0.1, 0.15) is 21.7 Å². The van der Waals surface area contributed by atoms with E-state index in [4.69, 9.17) is 4.74 Å². The molecule has 2 heterocycles. The summed E-state index contributed by atoms with van der Waals surface area (Å²) in [5.74, 6) is 0.232. The molecule has 0 saturated carbocycles. The summed E-state index contributed by atoms with van der Waals surface area (Å²) in [4.78, 5) is 17.0. The molecule has 4 rings (SSSR count). The average Bonchev–Trinajstić information content (AvgIpc) is 3.01. The molecule has 4 aromatic rings. The molecule has 28 heavy (non-hydrogen) atoms. The van der Waals surface area contributed by atoms with Gasteiger partial charge in [0.1, 0.15) is 11.6 Å². The summed E-state index contributed by atoms with van der Waals surface area (Å²) in [6.07, 6.45) is 1.74. The van der Waals surface area contributed by atoms with Gasteiger partial charge in [0.25, 0.3) is 0 Å². The number of hydrogen-bond donors (Lipinski definition) is 0. The number of benzene rings is 2. The van der Waals surface area contributed by atoms with Crippen molar-refractivity contribution in [1.29, 1.82) is 0 Å². The van der Waals surface area contributed by atoms with Crippen molar-refractivity contribution in [2.75, 3.05) is 6.61 Å². The molecule has 0 N–H and O–H groups in total. The number of rotatable bonds is 5. The molecular weight excluding hydrogens is 355 g/mol. The van der Waals surface area contributed by atoms with Crippen LogP contribution in [0.3, 0.4) is 0 Å². The standard InChI is InChI=1S/C23H19FN2O2/c1-15-12-21(16(2)26(15)19-7-5-18(24)6-8-19)23(27)14-28-20-9-10-22-17(13-20)4-3-11-25-22/h3-13H,14H2,1-2H3. The first-order chi connectivity index (χ1) is 13.5. The smallest absolute Gasteiger partial charge is 0.202 e. The number of nitrogens with zero attached hydrogens (tertiary/aromatic N) is 2. The number of Topliss-reactive ketones (excluding diaryl/α,β-unsaturated/α-hetero) is 1. The quantitative estimate of drug-likeness (QED) is 0.460. The number of aryl methyl sites for hydroxylation is 1. The monoisotopic (exact) mass is 374 g/mol. The largest absolute Gasteiger partial charge is 0.485 e. The zero-order valence-corrected chi connectivity index (χ0v) is 15.6. The van der Waals surface area contributed by atoms with Crippen LogP contribution < -0.4 is 4.74 Å². The molecule has 0 saturated heterocycles. The Morgan fingerprint density at radius 3 is 2.64 bits per heavy atom. The summed E-state index contributed by atoms with van der Waals surface area (Å²) >= 11 is 0. The van der Waals surface area contributed by atoms with E-state index < -0.39 is 0 Å². The number of ether oxygens (including phenoxy) is 1. The van der Waals surface area contributed by atoms with Crippen molar-refractivity contribution in [3.8, 4) is 11.4 Å². The maximum absolute atomic E-state index is 13.2. The van der Waals surface area contributed by atoms with Crippen LogP contribution in [-0.4, -0.2) is 21.9 Å². The highest BCUT2D eigenvalue weighted by atomic mass is 19.1. The lowest BCUT2D eigenvalue weighted by atomic mass is 10.1. The Kier molecular flexibility index (Phi) is 4.65. The topological polar surface area (TPSA) is 44.1 Å². The number of pyridine rings is 1. The van der Waals surface area contributed by atoms with Crippen LogP contribution in [0.25, 0.3) is 16.6 Å². The predicted octanol–water partition coefficient (Wildman–Crippen LogP) is 5.04. The normalized spacial score (nSPS) is 11.0. The zero-order valence-electron chi connectivity index (χ0n) is 15.6. The molecule has 4 nitrogen and oxygen atoms in total. The third-order valence-electron chi connectivity index (χ3n) is 4.76. The van der Waals surface area contributed by atoms with E-state index in [9.17, 15) is 9.18 Å². The molecule has 0 unspecified atom stereocenters. The molecule has 0 spiro atoms. The maximum atomic E-state index is 13.2. The van der Waals surface area contributed by atoms with Gasteiger partial charge in [0, 0.05) is 34.2 Å². The van der Waals surface area contributed by atoms with Gasteiger partial charge in [-0.15, -0.1) is 0 Å². The second kappa shape index (κ2) is 7.27. The fraction of sp³-hybridized carbons (Fsp3) is 0.130. The third-order valence-corrected chi connectivity index (χ3v) is 4.76. The molecule has 2 aromatic carbocycles. The van der Waals surface area contributed by atoms with Crippen LogP contribution in [0.15, 0.2) is 66.9 Å². The van der Waals surface area contributed by atoms with Crippen molar-refractivity contribution in [3.05, 3.63) is 89.6 Å². The SMILES string of the molecule is Cc1cc(C(=O)COc2ccc3ncccc3c2)c(C)n1-c1ccc(F)cc1. The maximum Gasteiger partial charge on any atom is 0.202 e. The summed E-state index contributed by atoms with van der Waals surface area (Å²) < 4.78 is 20.9. The first-order valence-corrected chi connectivity index (χ1v) is 8.98. The number of ketones is 1. The lowest BCUT2D eigenvalue weighted by molar-refractivity contribution is 0.0921. The van der Waals surface area contributed by atoms with Crippen molar-refractivity contribution in [3.63, 3.8) is 0 Å². The Balaban J connectivity index is 1.54. The van der Waals surface area contributed by atoms with Crippen LogP contribution >= 0.6 is 0 Å². The second-order valence-electron chi connectivity index (χ2n) is 6.67. The first kappa shape index (κ1) is 17.9. The van der Waals surface area contributed by atoms with Gasteiger partial charge in [-0.3, -0.25) is 9.78 Å². The molecule has 0 aliphatic heterocycles. The Labute approximate surface area is 162 Å². The number of carbonyl (C=O) groups excluding carboxylic acids is 1. The molecule has 0 aliphatic carbocycles. The van der Waals surface area contributed by atoms with E-state index in [1.807, 2.05) is 54.8 Å². The molecule has 0 amide bonds. The highest BCUT2D eigenvalue weighted by Gasteiger charge is 2.17. The molecule has 2 aromatic heterocycles. The van der Waals surface area contributed by atoms with Crippen LogP contribution in [0.4, 0.5) is 4.39 Å². The molecule has 0 atom stereocenters. The van der Waals surface area contributed by atoms with Crippen LogP contribution in [-0.2, 0) is 0 Å². The van der Waals surface area contributed by atoms with Crippen LogP contribution in [0.2, 0.25) is 0 Å².